The molecule has 0 aliphatic heterocycles. The quantitative estimate of drug-likeness (QED) is 0.370. The average Bonchev–Trinajstić information content (AvgIpc) is 2.36. The summed E-state index contributed by atoms with van der Waals surface area (Å²) in [6, 6.07) is 2.60. The van der Waals surface area contributed by atoms with Crippen molar-refractivity contribution in [3.63, 3.8) is 0 Å². The molecule has 0 saturated carbocycles. The van der Waals surface area contributed by atoms with Gasteiger partial charge < -0.3 is 8.92 Å². The zero-order valence-electron chi connectivity index (χ0n) is 9.76. The second kappa shape index (κ2) is 5.38. The molecule has 0 spiro atoms. The number of ether oxygens (including phenoxy) is 1. The number of hydrogen-bond donors (Lipinski definition) is 0. The van der Waals surface area contributed by atoms with Crippen molar-refractivity contribution in [2.45, 2.75) is 5.51 Å². The number of carbonyl (C=O) groups excluding carboxylic acids is 1. The molecule has 0 aromatic heterocycles. The fourth-order valence-corrected chi connectivity index (χ4v) is 1.56. The summed E-state index contributed by atoms with van der Waals surface area (Å²) in [4.78, 5) is 14.0. The maximum atomic E-state index is 12.2. The van der Waals surface area contributed by atoms with E-state index in [0.29, 0.717) is 0 Å². The van der Waals surface area contributed by atoms with Crippen LogP contribution in [0.1, 0.15) is 10.4 Å². The van der Waals surface area contributed by atoms with Crippen LogP contribution < -0.4 is 4.18 Å². The van der Waals surface area contributed by atoms with Crippen LogP contribution in [0.3, 0.4) is 0 Å². The van der Waals surface area contributed by atoms with Crippen LogP contribution >= 0.6 is 0 Å². The molecule has 0 saturated heterocycles. The monoisotopic (exact) mass is 309 g/mol. The number of benzene rings is 1. The zero-order valence-corrected chi connectivity index (χ0v) is 10.6. The van der Waals surface area contributed by atoms with Crippen LogP contribution in [0, 0.1) is 6.57 Å². The van der Waals surface area contributed by atoms with Crippen molar-refractivity contribution in [2.75, 3.05) is 7.11 Å². The number of nitrogens with zero attached hydrogens (tertiary/aromatic N) is 1. The average molecular weight is 309 g/mol. The van der Waals surface area contributed by atoms with Crippen LogP contribution in [0.25, 0.3) is 4.85 Å². The summed E-state index contributed by atoms with van der Waals surface area (Å²) in [5.74, 6) is -1.66. The molecule has 1 aromatic carbocycles. The molecule has 0 fully saturated rings. The van der Waals surface area contributed by atoms with E-state index in [2.05, 4.69) is 13.8 Å². The summed E-state index contributed by atoms with van der Waals surface area (Å²) in [5, 5.41) is 0. The van der Waals surface area contributed by atoms with E-state index < -0.39 is 33.0 Å². The van der Waals surface area contributed by atoms with Gasteiger partial charge in [-0.15, -0.1) is 0 Å². The van der Waals surface area contributed by atoms with Gasteiger partial charge in [0.05, 0.1) is 13.7 Å². The lowest BCUT2D eigenvalue weighted by molar-refractivity contribution is -0.0499. The van der Waals surface area contributed by atoms with Gasteiger partial charge in [0, 0.05) is 5.56 Å². The maximum absolute atomic E-state index is 12.2. The SMILES string of the molecule is [C-]#[N+]c1cc(C(=O)OC)ccc1OS(=O)(=O)C(F)(F)F. The van der Waals surface area contributed by atoms with E-state index in [1.54, 1.807) is 0 Å². The summed E-state index contributed by atoms with van der Waals surface area (Å²) >= 11 is 0. The summed E-state index contributed by atoms with van der Waals surface area (Å²) in [7, 11) is -4.81. The number of methoxy groups -OCH3 is 1. The van der Waals surface area contributed by atoms with Crippen LogP contribution in [-0.4, -0.2) is 27.0 Å². The van der Waals surface area contributed by atoms with Crippen LogP contribution in [-0.2, 0) is 14.9 Å². The van der Waals surface area contributed by atoms with Crippen molar-refractivity contribution in [1.82, 2.24) is 0 Å². The normalized spacial score (nSPS) is 11.6. The standard InChI is InChI=1S/C10H6F3NO5S/c1-14-7-5-6(9(15)18-2)3-4-8(7)19-20(16,17)10(11,12)13/h3-5H,2H3. The lowest BCUT2D eigenvalue weighted by Gasteiger charge is -2.11. The van der Waals surface area contributed by atoms with Gasteiger partial charge in [-0.05, 0) is 18.2 Å². The minimum Gasteiger partial charge on any atom is -0.465 e. The van der Waals surface area contributed by atoms with Crippen LogP contribution in [0.15, 0.2) is 18.2 Å². The lowest BCUT2D eigenvalue weighted by atomic mass is 10.2. The van der Waals surface area contributed by atoms with Crippen LogP contribution in [0.4, 0.5) is 18.9 Å². The second-order valence-corrected chi connectivity index (χ2v) is 4.81. The van der Waals surface area contributed by atoms with Gasteiger partial charge in [0.25, 0.3) is 0 Å². The van der Waals surface area contributed by atoms with Gasteiger partial charge in [0.1, 0.15) is 5.75 Å². The summed E-state index contributed by atoms with van der Waals surface area (Å²) in [6.07, 6.45) is 0. The third-order valence-electron chi connectivity index (χ3n) is 1.98. The number of alkyl halides is 3. The Bertz CT molecular complexity index is 675. The van der Waals surface area contributed by atoms with E-state index in [0.717, 1.165) is 25.3 Å². The van der Waals surface area contributed by atoms with E-state index in [1.165, 1.54) is 0 Å². The molecule has 0 bridgehead atoms. The molecule has 108 valence electrons. The zero-order chi connectivity index (χ0) is 15.6. The van der Waals surface area contributed by atoms with Gasteiger partial charge in [0.2, 0.25) is 5.69 Å². The lowest BCUT2D eigenvalue weighted by Crippen LogP contribution is -2.28. The minimum absolute atomic E-state index is 0.129. The first kappa shape index (κ1) is 15.8. The number of carbonyl (C=O) groups is 1. The van der Waals surface area contributed by atoms with Crippen molar-refractivity contribution in [3.05, 3.63) is 35.2 Å². The van der Waals surface area contributed by atoms with E-state index >= 15 is 0 Å². The van der Waals surface area contributed by atoms with Gasteiger partial charge >= 0.3 is 21.6 Å². The number of halogens is 3. The van der Waals surface area contributed by atoms with Gasteiger partial charge in [-0.3, -0.25) is 0 Å². The molecular formula is C10H6F3NO5S. The highest BCUT2D eigenvalue weighted by atomic mass is 32.2. The first-order valence-electron chi connectivity index (χ1n) is 4.73. The highest BCUT2D eigenvalue weighted by Gasteiger charge is 2.48. The molecule has 0 N–H and O–H groups in total. The predicted octanol–water partition coefficient (Wildman–Crippen LogP) is 2.25. The van der Waals surface area contributed by atoms with E-state index in [9.17, 15) is 26.4 Å². The summed E-state index contributed by atoms with van der Waals surface area (Å²) in [6.45, 7) is 6.76. The Hall–Kier alpha value is -2.28. The fourth-order valence-electron chi connectivity index (χ4n) is 1.09. The molecular weight excluding hydrogens is 303 g/mol. The van der Waals surface area contributed by atoms with Gasteiger partial charge in [-0.25, -0.2) is 9.64 Å². The Balaban J connectivity index is 3.23. The third kappa shape index (κ3) is 3.18. The predicted molar refractivity (Wildman–Crippen MR) is 59.6 cm³/mol. The Morgan fingerprint density at radius 2 is 1.95 bits per heavy atom. The smallest absolute Gasteiger partial charge is 0.465 e. The van der Waals surface area contributed by atoms with Crippen molar-refractivity contribution < 1.29 is 35.3 Å². The first-order valence-corrected chi connectivity index (χ1v) is 6.14. The van der Waals surface area contributed by atoms with Crippen molar-refractivity contribution in [1.29, 1.82) is 0 Å². The molecule has 1 aromatic rings. The Morgan fingerprint density at radius 3 is 2.40 bits per heavy atom. The summed E-state index contributed by atoms with van der Waals surface area (Å²) < 4.78 is 66.3. The Morgan fingerprint density at radius 1 is 1.35 bits per heavy atom. The maximum Gasteiger partial charge on any atom is 0.534 e. The highest BCUT2D eigenvalue weighted by Crippen LogP contribution is 2.34. The van der Waals surface area contributed by atoms with Gasteiger partial charge in [-0.1, -0.05) is 0 Å². The largest absolute Gasteiger partial charge is 0.534 e. The second-order valence-electron chi connectivity index (χ2n) is 3.27. The molecule has 0 heterocycles. The molecule has 20 heavy (non-hydrogen) atoms. The molecule has 0 aliphatic carbocycles. The molecule has 0 atom stereocenters. The van der Waals surface area contributed by atoms with Crippen molar-refractivity contribution >= 4 is 21.8 Å². The van der Waals surface area contributed by atoms with Crippen LogP contribution in [0.2, 0.25) is 0 Å². The highest BCUT2D eigenvalue weighted by molar-refractivity contribution is 7.88. The molecule has 0 radical (unpaired) electrons. The van der Waals surface area contributed by atoms with Crippen LogP contribution in [0.5, 0.6) is 5.75 Å². The molecule has 0 amide bonds. The topological polar surface area (TPSA) is 74.0 Å². The molecule has 0 aliphatic rings. The molecule has 10 heteroatoms. The Labute approximate surface area is 111 Å². The Kier molecular flexibility index (Phi) is 4.24. The minimum atomic E-state index is -5.88. The van der Waals surface area contributed by atoms with E-state index in [1.807, 2.05) is 0 Å². The van der Waals surface area contributed by atoms with Crippen molar-refractivity contribution in [2.24, 2.45) is 0 Å². The van der Waals surface area contributed by atoms with Gasteiger partial charge in [0.15, 0.2) is 0 Å². The first-order chi connectivity index (χ1) is 9.12. The van der Waals surface area contributed by atoms with E-state index in [-0.39, 0.29) is 5.56 Å². The fraction of sp³-hybridized carbons (Fsp3) is 0.200. The molecule has 6 nitrogen and oxygen atoms in total. The number of hydrogen-bond acceptors (Lipinski definition) is 5. The third-order valence-corrected chi connectivity index (χ3v) is 2.95. The number of esters is 1. The summed E-state index contributed by atoms with van der Waals surface area (Å²) in [5.41, 5.74) is -6.32. The van der Waals surface area contributed by atoms with Crippen molar-refractivity contribution in [3.8, 4) is 5.75 Å². The molecule has 1 rings (SSSR count). The van der Waals surface area contributed by atoms with E-state index in [4.69, 9.17) is 6.57 Å². The molecule has 0 unspecified atom stereocenters. The van der Waals surface area contributed by atoms with Gasteiger partial charge in [-0.2, -0.15) is 21.6 Å². The number of rotatable bonds is 3.